The molecular weight excluding hydrogens is 418 g/mol. The lowest BCUT2D eigenvalue weighted by molar-refractivity contribution is 0.0950. The van der Waals surface area contributed by atoms with Crippen LogP contribution in [0.1, 0.15) is 16.1 Å². The number of carbonyl (C=O) groups excluding carboxylic acids is 1. The fourth-order valence-electron chi connectivity index (χ4n) is 2.35. The largest absolute Gasteiger partial charge is 0.497 e. The van der Waals surface area contributed by atoms with Crippen LogP contribution in [0.2, 0.25) is 5.02 Å². The highest BCUT2D eigenvalue weighted by molar-refractivity contribution is 9.10. The Kier molecular flexibility index (Phi) is 5.85. The molecular formula is C19H15BrClN3O2. The number of benzene rings is 2. The molecule has 0 saturated heterocycles. The molecule has 2 aromatic carbocycles. The van der Waals surface area contributed by atoms with Crippen LogP contribution in [-0.2, 0) is 6.54 Å². The molecule has 1 N–H and O–H groups in total. The molecule has 0 spiro atoms. The standard InChI is InChI=1S/C19H15BrClN3O2/c1-26-15-5-2-12(3-6-15)18-9-14(23-11-24-18)10-22-19(25)16-8-13(20)4-7-17(16)21/h2-9,11H,10H2,1H3,(H,22,25). The SMILES string of the molecule is COc1ccc(-c2cc(CNC(=O)c3cc(Br)ccc3Cl)ncn2)cc1. The maximum atomic E-state index is 12.3. The van der Waals surface area contributed by atoms with Crippen LogP contribution in [0.4, 0.5) is 0 Å². The van der Waals surface area contributed by atoms with Gasteiger partial charge in [0.15, 0.2) is 0 Å². The van der Waals surface area contributed by atoms with Gasteiger partial charge in [-0.1, -0.05) is 27.5 Å². The first-order valence-electron chi connectivity index (χ1n) is 7.75. The molecule has 3 aromatic rings. The Morgan fingerprint density at radius 3 is 2.65 bits per heavy atom. The van der Waals surface area contributed by atoms with Crippen molar-refractivity contribution in [1.29, 1.82) is 0 Å². The van der Waals surface area contributed by atoms with Crippen LogP contribution in [0.5, 0.6) is 5.75 Å². The molecule has 0 bridgehead atoms. The molecule has 0 aliphatic heterocycles. The summed E-state index contributed by atoms with van der Waals surface area (Å²) in [5, 5.41) is 3.22. The molecule has 0 aliphatic rings. The van der Waals surface area contributed by atoms with Gasteiger partial charge < -0.3 is 10.1 Å². The second-order valence-corrected chi connectivity index (χ2v) is 6.75. The second kappa shape index (κ2) is 8.29. The van der Waals surface area contributed by atoms with Crippen LogP contribution >= 0.6 is 27.5 Å². The van der Waals surface area contributed by atoms with Crippen LogP contribution in [0, 0.1) is 0 Å². The summed E-state index contributed by atoms with van der Waals surface area (Å²) in [7, 11) is 1.62. The Labute approximate surface area is 164 Å². The molecule has 132 valence electrons. The average Bonchev–Trinajstić information content (AvgIpc) is 2.68. The number of carbonyl (C=O) groups is 1. The third kappa shape index (κ3) is 4.39. The van der Waals surface area contributed by atoms with Crippen molar-refractivity contribution in [3.8, 4) is 17.0 Å². The zero-order chi connectivity index (χ0) is 18.5. The van der Waals surface area contributed by atoms with Crippen molar-refractivity contribution in [3.63, 3.8) is 0 Å². The van der Waals surface area contributed by atoms with Gasteiger partial charge in [0.05, 0.1) is 35.6 Å². The smallest absolute Gasteiger partial charge is 0.253 e. The predicted octanol–water partition coefficient (Wildman–Crippen LogP) is 4.50. The highest BCUT2D eigenvalue weighted by atomic mass is 79.9. The summed E-state index contributed by atoms with van der Waals surface area (Å²) in [6.45, 7) is 0.271. The van der Waals surface area contributed by atoms with Gasteiger partial charge in [-0.3, -0.25) is 4.79 Å². The number of nitrogens with one attached hydrogen (secondary N) is 1. The molecule has 1 aromatic heterocycles. The molecule has 26 heavy (non-hydrogen) atoms. The Morgan fingerprint density at radius 2 is 1.92 bits per heavy atom. The van der Waals surface area contributed by atoms with E-state index >= 15 is 0 Å². The van der Waals surface area contributed by atoms with E-state index in [-0.39, 0.29) is 12.5 Å². The van der Waals surface area contributed by atoms with Crippen molar-refractivity contribution in [2.24, 2.45) is 0 Å². The van der Waals surface area contributed by atoms with Crippen LogP contribution in [-0.4, -0.2) is 23.0 Å². The van der Waals surface area contributed by atoms with E-state index in [2.05, 4.69) is 31.2 Å². The first-order valence-corrected chi connectivity index (χ1v) is 8.92. The fraction of sp³-hybridized carbons (Fsp3) is 0.105. The lowest BCUT2D eigenvalue weighted by Gasteiger charge is -2.08. The molecule has 5 nitrogen and oxygen atoms in total. The van der Waals surface area contributed by atoms with Crippen molar-refractivity contribution in [1.82, 2.24) is 15.3 Å². The molecule has 0 saturated carbocycles. The zero-order valence-corrected chi connectivity index (χ0v) is 16.2. The van der Waals surface area contributed by atoms with Gasteiger partial charge in [0.2, 0.25) is 0 Å². The van der Waals surface area contributed by atoms with E-state index in [4.69, 9.17) is 16.3 Å². The van der Waals surface area contributed by atoms with E-state index in [1.54, 1.807) is 25.3 Å². The summed E-state index contributed by atoms with van der Waals surface area (Å²) in [5.74, 6) is 0.516. The molecule has 3 rings (SSSR count). The minimum atomic E-state index is -0.263. The van der Waals surface area contributed by atoms with E-state index in [1.807, 2.05) is 30.3 Å². The van der Waals surface area contributed by atoms with Crippen LogP contribution in [0.25, 0.3) is 11.3 Å². The highest BCUT2D eigenvalue weighted by Crippen LogP contribution is 2.22. The van der Waals surface area contributed by atoms with Crippen molar-refractivity contribution in [3.05, 3.63) is 75.6 Å². The van der Waals surface area contributed by atoms with E-state index in [0.29, 0.717) is 16.3 Å². The number of nitrogens with zero attached hydrogens (tertiary/aromatic N) is 2. The molecule has 0 fully saturated rings. The van der Waals surface area contributed by atoms with Crippen LogP contribution < -0.4 is 10.1 Å². The van der Waals surface area contributed by atoms with Gasteiger partial charge >= 0.3 is 0 Å². The fourth-order valence-corrected chi connectivity index (χ4v) is 2.92. The van der Waals surface area contributed by atoms with Crippen LogP contribution in [0.15, 0.2) is 59.3 Å². The van der Waals surface area contributed by atoms with Gasteiger partial charge in [-0.15, -0.1) is 0 Å². The molecule has 0 unspecified atom stereocenters. The minimum absolute atomic E-state index is 0.263. The first kappa shape index (κ1) is 18.4. The number of aromatic nitrogens is 2. The third-order valence-corrected chi connectivity index (χ3v) is 4.54. The zero-order valence-electron chi connectivity index (χ0n) is 13.9. The van der Waals surface area contributed by atoms with E-state index in [1.165, 1.54) is 6.33 Å². The summed E-state index contributed by atoms with van der Waals surface area (Å²) >= 11 is 9.42. The molecule has 0 radical (unpaired) electrons. The predicted molar refractivity (Wildman–Crippen MR) is 104 cm³/mol. The summed E-state index contributed by atoms with van der Waals surface area (Å²) in [4.78, 5) is 20.8. The van der Waals surface area contributed by atoms with Crippen molar-refractivity contribution in [2.45, 2.75) is 6.54 Å². The second-order valence-electron chi connectivity index (χ2n) is 5.43. The molecule has 7 heteroatoms. The number of halogens is 2. The normalized spacial score (nSPS) is 10.4. The Hall–Kier alpha value is -2.44. The topological polar surface area (TPSA) is 64.1 Å². The summed E-state index contributed by atoms with van der Waals surface area (Å²) in [6, 6.07) is 14.6. The van der Waals surface area contributed by atoms with Crippen molar-refractivity contribution in [2.75, 3.05) is 7.11 Å². The maximum Gasteiger partial charge on any atom is 0.253 e. The van der Waals surface area contributed by atoms with Gasteiger partial charge in [-0.25, -0.2) is 9.97 Å². The Morgan fingerprint density at radius 1 is 1.15 bits per heavy atom. The van der Waals surface area contributed by atoms with Crippen molar-refractivity contribution < 1.29 is 9.53 Å². The van der Waals surface area contributed by atoms with E-state index in [9.17, 15) is 4.79 Å². The van der Waals surface area contributed by atoms with Gasteiger partial charge in [0.25, 0.3) is 5.91 Å². The van der Waals surface area contributed by atoms with E-state index in [0.717, 1.165) is 21.5 Å². The number of rotatable bonds is 5. The lowest BCUT2D eigenvalue weighted by Crippen LogP contribution is -2.23. The third-order valence-electron chi connectivity index (χ3n) is 3.71. The number of amides is 1. The first-order chi connectivity index (χ1) is 12.6. The number of methoxy groups -OCH3 is 1. The minimum Gasteiger partial charge on any atom is -0.497 e. The maximum absolute atomic E-state index is 12.3. The molecule has 0 aliphatic carbocycles. The number of ether oxygens (including phenoxy) is 1. The van der Waals surface area contributed by atoms with Crippen LogP contribution in [0.3, 0.4) is 0 Å². The lowest BCUT2D eigenvalue weighted by atomic mass is 10.1. The Balaban J connectivity index is 1.72. The van der Waals surface area contributed by atoms with Gasteiger partial charge in [-0.05, 0) is 48.5 Å². The van der Waals surface area contributed by atoms with Gasteiger partial charge in [0.1, 0.15) is 12.1 Å². The average molecular weight is 433 g/mol. The number of hydrogen-bond donors (Lipinski definition) is 1. The summed E-state index contributed by atoms with van der Waals surface area (Å²) < 4.78 is 5.95. The highest BCUT2D eigenvalue weighted by Gasteiger charge is 2.11. The quantitative estimate of drug-likeness (QED) is 0.645. The molecule has 1 amide bonds. The number of hydrogen-bond acceptors (Lipinski definition) is 4. The summed E-state index contributed by atoms with van der Waals surface area (Å²) in [5.41, 5.74) is 2.82. The van der Waals surface area contributed by atoms with Gasteiger partial charge in [-0.2, -0.15) is 0 Å². The summed E-state index contributed by atoms with van der Waals surface area (Å²) in [6.07, 6.45) is 1.48. The molecule has 1 heterocycles. The van der Waals surface area contributed by atoms with Gasteiger partial charge in [0, 0.05) is 10.0 Å². The monoisotopic (exact) mass is 431 g/mol. The Bertz CT molecular complexity index is 932. The van der Waals surface area contributed by atoms with E-state index < -0.39 is 0 Å². The van der Waals surface area contributed by atoms with Crippen molar-refractivity contribution >= 4 is 33.4 Å². The molecule has 0 atom stereocenters.